The van der Waals surface area contributed by atoms with Gasteiger partial charge in [0.2, 0.25) is 0 Å². The van der Waals surface area contributed by atoms with Gasteiger partial charge in [0.15, 0.2) is 0 Å². The van der Waals surface area contributed by atoms with Crippen LogP contribution in [0.1, 0.15) is 48.6 Å². The van der Waals surface area contributed by atoms with Crippen LogP contribution in [0.4, 0.5) is 5.69 Å². The van der Waals surface area contributed by atoms with Crippen molar-refractivity contribution in [2.24, 2.45) is 0 Å². The molecule has 0 unspecified atom stereocenters. The van der Waals surface area contributed by atoms with E-state index in [1.807, 2.05) is 17.0 Å². The van der Waals surface area contributed by atoms with Gasteiger partial charge < -0.3 is 14.5 Å². The summed E-state index contributed by atoms with van der Waals surface area (Å²) in [7, 11) is 1.52. The van der Waals surface area contributed by atoms with E-state index in [4.69, 9.17) is 10.00 Å². The molecule has 2 heterocycles. The number of carbonyl (C=O) groups excluding carboxylic acids is 3. The monoisotopic (exact) mass is 494 g/mol. The van der Waals surface area contributed by atoms with Crippen molar-refractivity contribution in [2.75, 3.05) is 38.2 Å². The lowest BCUT2D eigenvalue weighted by Gasteiger charge is -2.24. The Labute approximate surface area is 215 Å². The summed E-state index contributed by atoms with van der Waals surface area (Å²) in [5.74, 6) is -0.369. The summed E-state index contributed by atoms with van der Waals surface area (Å²) in [6.45, 7) is 2.66. The first-order valence-corrected chi connectivity index (χ1v) is 12.2. The Kier molecular flexibility index (Phi) is 6.60. The summed E-state index contributed by atoms with van der Waals surface area (Å²) in [4.78, 5) is 44.4. The molecule has 0 bridgehead atoms. The lowest BCUT2D eigenvalue weighted by molar-refractivity contribution is 0.0642. The molecule has 0 atom stereocenters. The molecule has 1 fully saturated rings. The Hall–Kier alpha value is -4.64. The third-order valence-electron chi connectivity index (χ3n) is 6.86. The minimum absolute atomic E-state index is 0.0725. The largest absolute Gasteiger partial charge is 0.496 e. The highest BCUT2D eigenvalue weighted by Crippen LogP contribution is 2.27. The fourth-order valence-electron chi connectivity index (χ4n) is 4.88. The molecular formula is C29H26N4O4. The molecule has 3 aromatic rings. The second-order valence-corrected chi connectivity index (χ2v) is 9.07. The van der Waals surface area contributed by atoms with Gasteiger partial charge in [-0.05, 0) is 60.5 Å². The normalized spacial score (nSPS) is 15.3. The molecule has 8 heteroatoms. The minimum atomic E-state index is -0.334. The van der Waals surface area contributed by atoms with Crippen molar-refractivity contribution in [2.45, 2.75) is 13.0 Å². The third-order valence-corrected chi connectivity index (χ3v) is 6.86. The first-order valence-electron chi connectivity index (χ1n) is 12.2. The maximum Gasteiger partial charge on any atom is 0.261 e. The Morgan fingerprint density at radius 2 is 1.62 bits per heavy atom. The van der Waals surface area contributed by atoms with Crippen LogP contribution in [0.2, 0.25) is 0 Å². The number of fused-ring (bicyclic) bond motifs is 1. The number of methoxy groups -OCH3 is 1. The highest BCUT2D eigenvalue weighted by Gasteiger charge is 2.35. The first kappa shape index (κ1) is 24.1. The van der Waals surface area contributed by atoms with Crippen LogP contribution in [0.25, 0.3) is 0 Å². The Bertz CT molecular complexity index is 1380. The van der Waals surface area contributed by atoms with Gasteiger partial charge in [-0.15, -0.1) is 0 Å². The van der Waals surface area contributed by atoms with Crippen LogP contribution in [0.15, 0.2) is 66.7 Å². The van der Waals surface area contributed by atoms with Gasteiger partial charge in [-0.25, -0.2) is 0 Å². The summed E-state index contributed by atoms with van der Waals surface area (Å²) in [5, 5.41) is 9.04. The number of ether oxygens (including phenoxy) is 1. The molecule has 3 aromatic carbocycles. The maximum atomic E-state index is 13.6. The predicted octanol–water partition coefficient (Wildman–Crippen LogP) is 3.72. The zero-order valence-corrected chi connectivity index (χ0v) is 20.5. The lowest BCUT2D eigenvalue weighted by atomic mass is 10.1. The molecule has 0 aromatic heterocycles. The van der Waals surface area contributed by atoms with Gasteiger partial charge in [0.05, 0.1) is 42.0 Å². The van der Waals surface area contributed by atoms with Crippen LogP contribution in [-0.2, 0) is 6.54 Å². The molecule has 0 spiro atoms. The summed E-state index contributed by atoms with van der Waals surface area (Å²) in [6.07, 6.45) is 0.794. The molecule has 0 saturated carbocycles. The highest BCUT2D eigenvalue weighted by atomic mass is 16.5. The van der Waals surface area contributed by atoms with Crippen molar-refractivity contribution in [3.8, 4) is 11.8 Å². The number of nitrogens with zero attached hydrogens (tertiary/aromatic N) is 4. The fraction of sp³-hybridized carbons (Fsp3) is 0.241. The highest BCUT2D eigenvalue weighted by molar-refractivity contribution is 6.21. The number of benzene rings is 3. The molecule has 0 radical (unpaired) electrons. The van der Waals surface area contributed by atoms with Crippen molar-refractivity contribution in [3.63, 3.8) is 0 Å². The van der Waals surface area contributed by atoms with Crippen molar-refractivity contribution in [1.29, 1.82) is 5.26 Å². The Balaban J connectivity index is 1.32. The number of hydrogen-bond acceptors (Lipinski definition) is 6. The van der Waals surface area contributed by atoms with Crippen molar-refractivity contribution in [3.05, 3.63) is 94.5 Å². The molecule has 0 N–H and O–H groups in total. The average Bonchev–Trinajstić information content (AvgIpc) is 3.10. The summed E-state index contributed by atoms with van der Waals surface area (Å²) < 4.78 is 5.49. The second kappa shape index (κ2) is 10.2. The van der Waals surface area contributed by atoms with E-state index in [0.717, 1.165) is 18.7 Å². The zero-order valence-electron chi connectivity index (χ0n) is 20.5. The predicted molar refractivity (Wildman–Crippen MR) is 138 cm³/mol. The van der Waals surface area contributed by atoms with Gasteiger partial charge in [0.1, 0.15) is 5.75 Å². The topological polar surface area (TPSA) is 93.9 Å². The molecule has 1 saturated heterocycles. The molecule has 3 amide bonds. The molecule has 2 aliphatic heterocycles. The van der Waals surface area contributed by atoms with E-state index in [1.54, 1.807) is 54.6 Å². The second-order valence-electron chi connectivity index (χ2n) is 9.07. The Morgan fingerprint density at radius 1 is 0.919 bits per heavy atom. The van der Waals surface area contributed by atoms with Gasteiger partial charge in [0, 0.05) is 31.9 Å². The van der Waals surface area contributed by atoms with Crippen molar-refractivity contribution >= 4 is 23.4 Å². The minimum Gasteiger partial charge on any atom is -0.496 e. The molecule has 37 heavy (non-hydrogen) atoms. The van der Waals surface area contributed by atoms with Gasteiger partial charge >= 0.3 is 0 Å². The van der Waals surface area contributed by atoms with E-state index in [1.165, 1.54) is 12.0 Å². The van der Waals surface area contributed by atoms with E-state index in [9.17, 15) is 14.4 Å². The van der Waals surface area contributed by atoms with Crippen LogP contribution in [0.3, 0.4) is 0 Å². The number of anilines is 1. The third kappa shape index (κ3) is 4.64. The lowest BCUT2D eigenvalue weighted by Crippen LogP contribution is -2.35. The molecule has 8 nitrogen and oxygen atoms in total. The van der Waals surface area contributed by atoms with E-state index >= 15 is 0 Å². The number of nitriles is 1. The van der Waals surface area contributed by atoms with E-state index in [-0.39, 0.29) is 24.3 Å². The van der Waals surface area contributed by atoms with Crippen LogP contribution < -0.4 is 9.64 Å². The summed E-state index contributed by atoms with van der Waals surface area (Å²) in [5.41, 5.74) is 3.51. The van der Waals surface area contributed by atoms with Crippen molar-refractivity contribution < 1.29 is 19.1 Å². The zero-order chi connectivity index (χ0) is 25.9. The summed E-state index contributed by atoms with van der Waals surface area (Å²) in [6, 6.07) is 21.6. The average molecular weight is 495 g/mol. The molecule has 2 aliphatic rings. The van der Waals surface area contributed by atoms with E-state index < -0.39 is 0 Å². The molecular weight excluding hydrogens is 468 g/mol. The smallest absolute Gasteiger partial charge is 0.261 e. The SMILES string of the molecule is COc1ccc(CN2C(=O)c3ccccc3C2=O)cc1C(=O)N1CCCN(c2ccc(C#N)cc2)CC1. The molecule has 186 valence electrons. The molecule has 0 aliphatic carbocycles. The molecule has 5 rings (SSSR count). The van der Waals surface area contributed by atoms with Crippen molar-refractivity contribution in [1.82, 2.24) is 9.80 Å². The van der Waals surface area contributed by atoms with Gasteiger partial charge in [-0.3, -0.25) is 19.3 Å². The van der Waals surface area contributed by atoms with E-state index in [0.29, 0.717) is 53.2 Å². The standard InChI is InChI=1S/C29H26N4O4/c1-37-26-12-9-21(19-33-28(35)23-5-2-3-6-24(23)29(33)36)17-25(26)27(34)32-14-4-13-31(15-16-32)22-10-7-20(18-30)8-11-22/h2-3,5-12,17H,4,13-16,19H2,1H3. The number of hydrogen-bond donors (Lipinski definition) is 0. The first-order chi connectivity index (χ1) is 18.0. The van der Waals surface area contributed by atoms with Gasteiger partial charge in [-0.1, -0.05) is 18.2 Å². The maximum absolute atomic E-state index is 13.6. The van der Waals surface area contributed by atoms with Gasteiger partial charge in [-0.2, -0.15) is 5.26 Å². The van der Waals surface area contributed by atoms with Crippen LogP contribution in [-0.4, -0.2) is 60.8 Å². The quantitative estimate of drug-likeness (QED) is 0.502. The number of carbonyl (C=O) groups is 3. The van der Waals surface area contributed by atoms with Gasteiger partial charge in [0.25, 0.3) is 17.7 Å². The van der Waals surface area contributed by atoms with Crippen LogP contribution >= 0.6 is 0 Å². The van der Waals surface area contributed by atoms with Crippen LogP contribution in [0.5, 0.6) is 5.75 Å². The number of amides is 3. The fourth-order valence-corrected chi connectivity index (χ4v) is 4.88. The Morgan fingerprint density at radius 3 is 2.27 bits per heavy atom. The van der Waals surface area contributed by atoms with E-state index in [2.05, 4.69) is 11.0 Å². The van der Waals surface area contributed by atoms with Crippen LogP contribution in [0, 0.1) is 11.3 Å². The number of rotatable bonds is 5. The number of imide groups is 1. The summed E-state index contributed by atoms with van der Waals surface area (Å²) >= 11 is 0.